The summed E-state index contributed by atoms with van der Waals surface area (Å²) in [5.41, 5.74) is 0. The van der Waals surface area contributed by atoms with Crippen molar-refractivity contribution < 1.29 is 4.43 Å². The SMILES string of the molecule is C/C(=C/O[Si](C)(C)C)[Si](C)(C)C. The van der Waals surface area contributed by atoms with Crippen LogP contribution in [0.25, 0.3) is 0 Å². The summed E-state index contributed by atoms with van der Waals surface area (Å²) < 4.78 is 5.73. The van der Waals surface area contributed by atoms with Gasteiger partial charge >= 0.3 is 0 Å². The summed E-state index contributed by atoms with van der Waals surface area (Å²) in [6, 6.07) is 0. The second-order valence-corrected chi connectivity index (χ2v) is 15.0. The highest BCUT2D eigenvalue weighted by molar-refractivity contribution is 6.83. The lowest BCUT2D eigenvalue weighted by atomic mass is 10.7. The highest BCUT2D eigenvalue weighted by Gasteiger charge is 2.18. The van der Waals surface area contributed by atoms with Gasteiger partial charge in [0.1, 0.15) is 0 Å². The lowest BCUT2D eigenvalue weighted by Gasteiger charge is -2.21. The molecule has 0 radical (unpaired) electrons. The Hall–Kier alpha value is -0.0262. The molecule has 0 fully saturated rings. The minimum atomic E-state index is -1.35. The van der Waals surface area contributed by atoms with E-state index in [1.807, 2.05) is 6.26 Å². The highest BCUT2D eigenvalue weighted by atomic mass is 28.4. The lowest BCUT2D eigenvalue weighted by Crippen LogP contribution is -2.26. The Kier molecular flexibility index (Phi) is 3.78. The van der Waals surface area contributed by atoms with E-state index in [0.29, 0.717) is 0 Å². The summed E-state index contributed by atoms with van der Waals surface area (Å²) in [7, 11) is -2.46. The van der Waals surface area contributed by atoms with Crippen molar-refractivity contribution in [3.05, 3.63) is 11.5 Å². The molecule has 72 valence electrons. The fourth-order valence-corrected chi connectivity index (χ4v) is 1.50. The zero-order valence-corrected chi connectivity index (χ0v) is 11.5. The van der Waals surface area contributed by atoms with Crippen molar-refractivity contribution in [1.29, 1.82) is 0 Å². The average molecular weight is 202 g/mol. The van der Waals surface area contributed by atoms with Crippen LogP contribution in [0.1, 0.15) is 6.92 Å². The molecule has 3 heteroatoms. The Labute approximate surface area is 79.0 Å². The summed E-state index contributed by atoms with van der Waals surface area (Å²) >= 11 is 0. The maximum absolute atomic E-state index is 5.73. The smallest absolute Gasteiger partial charge is 0.241 e. The van der Waals surface area contributed by atoms with E-state index in [-0.39, 0.29) is 0 Å². The molecule has 0 amide bonds. The summed E-state index contributed by atoms with van der Waals surface area (Å²) in [6.07, 6.45) is 2.00. The molecular formula is C9H22OSi2. The van der Waals surface area contributed by atoms with Crippen molar-refractivity contribution in [1.82, 2.24) is 0 Å². The quantitative estimate of drug-likeness (QED) is 0.502. The molecule has 0 unspecified atom stereocenters. The van der Waals surface area contributed by atoms with Gasteiger partial charge in [-0.05, 0) is 26.6 Å². The third-order valence-corrected chi connectivity index (χ3v) is 5.08. The van der Waals surface area contributed by atoms with Gasteiger partial charge in [0, 0.05) is 0 Å². The third kappa shape index (κ3) is 5.60. The first-order valence-electron chi connectivity index (χ1n) is 4.48. The molecule has 1 nitrogen and oxygen atoms in total. The standard InChI is InChI=1S/C9H22OSi2/c1-9(11(2,3)4)8-10-12(5,6)7/h8H,1-7H3/b9-8-. The van der Waals surface area contributed by atoms with E-state index in [1.165, 1.54) is 5.20 Å². The van der Waals surface area contributed by atoms with Gasteiger partial charge in [-0.1, -0.05) is 24.8 Å². The van der Waals surface area contributed by atoms with E-state index in [1.54, 1.807) is 0 Å². The predicted octanol–water partition coefficient (Wildman–Crippen LogP) is 3.62. The van der Waals surface area contributed by atoms with Crippen LogP contribution in [-0.2, 0) is 4.43 Å². The van der Waals surface area contributed by atoms with Gasteiger partial charge in [-0.25, -0.2) is 0 Å². The molecule has 0 spiro atoms. The van der Waals surface area contributed by atoms with Gasteiger partial charge in [-0.2, -0.15) is 0 Å². The molecule has 0 saturated carbocycles. The van der Waals surface area contributed by atoms with Crippen molar-refractivity contribution in [2.45, 2.75) is 46.2 Å². The number of hydrogen-bond donors (Lipinski definition) is 0. The van der Waals surface area contributed by atoms with Crippen LogP contribution in [0.3, 0.4) is 0 Å². The first-order chi connectivity index (χ1) is 5.13. The molecule has 0 N–H and O–H groups in total. The molecule has 0 heterocycles. The van der Waals surface area contributed by atoms with Crippen molar-refractivity contribution in [2.24, 2.45) is 0 Å². The zero-order chi connectivity index (χ0) is 9.99. The topological polar surface area (TPSA) is 9.23 Å². The summed E-state index contributed by atoms with van der Waals surface area (Å²) in [5, 5.41) is 1.45. The van der Waals surface area contributed by atoms with Crippen LogP contribution in [0.4, 0.5) is 0 Å². The zero-order valence-electron chi connectivity index (χ0n) is 9.49. The highest BCUT2D eigenvalue weighted by Crippen LogP contribution is 2.15. The molecule has 0 aliphatic carbocycles. The molecule has 0 aliphatic heterocycles. The van der Waals surface area contributed by atoms with Crippen LogP contribution < -0.4 is 0 Å². The Morgan fingerprint density at radius 1 is 1.00 bits per heavy atom. The van der Waals surface area contributed by atoms with Crippen LogP contribution >= 0.6 is 0 Å². The summed E-state index contributed by atoms with van der Waals surface area (Å²) in [6.45, 7) is 15.8. The van der Waals surface area contributed by atoms with E-state index in [9.17, 15) is 0 Å². The molecule has 12 heavy (non-hydrogen) atoms. The Morgan fingerprint density at radius 2 is 1.42 bits per heavy atom. The summed E-state index contributed by atoms with van der Waals surface area (Å²) in [4.78, 5) is 0. The number of allylic oxidation sites excluding steroid dienone is 1. The molecule has 0 aliphatic rings. The molecular weight excluding hydrogens is 180 g/mol. The molecule has 0 saturated heterocycles. The third-order valence-electron chi connectivity index (χ3n) is 1.77. The molecule has 0 aromatic carbocycles. The monoisotopic (exact) mass is 202 g/mol. The molecule has 0 atom stereocenters. The first kappa shape index (κ1) is 12.0. The van der Waals surface area contributed by atoms with Crippen LogP contribution in [0.2, 0.25) is 39.3 Å². The van der Waals surface area contributed by atoms with E-state index in [0.717, 1.165) is 0 Å². The maximum atomic E-state index is 5.73. The van der Waals surface area contributed by atoms with Gasteiger partial charge in [0.2, 0.25) is 8.32 Å². The van der Waals surface area contributed by atoms with Crippen molar-refractivity contribution in [3.63, 3.8) is 0 Å². The van der Waals surface area contributed by atoms with Gasteiger partial charge in [0.25, 0.3) is 0 Å². The molecule has 0 aromatic heterocycles. The average Bonchev–Trinajstić information content (AvgIpc) is 1.78. The Balaban J connectivity index is 4.21. The van der Waals surface area contributed by atoms with Crippen LogP contribution in [-0.4, -0.2) is 16.4 Å². The van der Waals surface area contributed by atoms with Crippen molar-refractivity contribution >= 4 is 16.4 Å². The van der Waals surface area contributed by atoms with Crippen LogP contribution in [0.15, 0.2) is 11.5 Å². The van der Waals surface area contributed by atoms with Gasteiger partial charge in [0.15, 0.2) is 0 Å². The first-order valence-corrected chi connectivity index (χ1v) is 11.4. The van der Waals surface area contributed by atoms with Crippen molar-refractivity contribution in [2.75, 3.05) is 0 Å². The number of rotatable bonds is 3. The Bertz CT molecular complexity index is 172. The molecule has 0 aromatic rings. The van der Waals surface area contributed by atoms with Gasteiger partial charge in [-0.15, -0.1) is 0 Å². The fraction of sp³-hybridized carbons (Fsp3) is 0.778. The maximum Gasteiger partial charge on any atom is 0.241 e. The van der Waals surface area contributed by atoms with E-state index >= 15 is 0 Å². The van der Waals surface area contributed by atoms with Gasteiger partial charge < -0.3 is 4.43 Å². The normalized spacial score (nSPS) is 14.8. The minimum absolute atomic E-state index is 1.10. The number of hydrogen-bond acceptors (Lipinski definition) is 1. The lowest BCUT2D eigenvalue weighted by molar-refractivity contribution is 0.476. The van der Waals surface area contributed by atoms with E-state index in [2.05, 4.69) is 46.2 Å². The van der Waals surface area contributed by atoms with Gasteiger partial charge in [0.05, 0.1) is 14.3 Å². The van der Waals surface area contributed by atoms with Crippen molar-refractivity contribution in [3.8, 4) is 0 Å². The Morgan fingerprint density at radius 3 is 1.67 bits per heavy atom. The largest absolute Gasteiger partial charge is 0.550 e. The van der Waals surface area contributed by atoms with Crippen LogP contribution in [0.5, 0.6) is 0 Å². The molecule has 0 rings (SSSR count). The van der Waals surface area contributed by atoms with Crippen LogP contribution in [0, 0.1) is 0 Å². The van der Waals surface area contributed by atoms with E-state index < -0.39 is 16.4 Å². The van der Waals surface area contributed by atoms with Gasteiger partial charge in [-0.3, -0.25) is 0 Å². The fourth-order valence-electron chi connectivity index (χ4n) is 0.442. The van der Waals surface area contributed by atoms with E-state index in [4.69, 9.17) is 4.43 Å². The second kappa shape index (κ2) is 3.79. The summed E-state index contributed by atoms with van der Waals surface area (Å²) in [5.74, 6) is 0. The minimum Gasteiger partial charge on any atom is -0.550 e. The molecule has 0 bridgehead atoms. The predicted molar refractivity (Wildman–Crippen MR) is 61.5 cm³/mol. The second-order valence-electron chi connectivity index (χ2n) is 5.28.